The number of rotatable bonds is 4. The van der Waals surface area contributed by atoms with Crippen LogP contribution in [0, 0.1) is 11.3 Å². The number of hydrogen-bond acceptors (Lipinski definition) is 4. The molecular formula is C11H15Cl2N3O2S. The Bertz CT molecular complexity index is 594. The second-order valence-corrected chi connectivity index (χ2v) is 6.54. The maximum absolute atomic E-state index is 12.1. The van der Waals surface area contributed by atoms with Gasteiger partial charge in [0.05, 0.1) is 15.5 Å². The van der Waals surface area contributed by atoms with Crippen molar-refractivity contribution in [1.29, 1.82) is 5.26 Å². The monoisotopic (exact) mass is 323 g/mol. The molecule has 0 bridgehead atoms. The summed E-state index contributed by atoms with van der Waals surface area (Å²) < 4.78 is 26.6. The Labute approximate surface area is 124 Å². The maximum atomic E-state index is 12.1. The minimum absolute atomic E-state index is 0. The van der Waals surface area contributed by atoms with Crippen LogP contribution < -0.4 is 10.5 Å². The topological polar surface area (TPSA) is 96.0 Å². The number of nitrogens with zero attached hydrogens (tertiary/aromatic N) is 1. The first-order chi connectivity index (χ1) is 8.22. The van der Waals surface area contributed by atoms with E-state index >= 15 is 0 Å². The van der Waals surface area contributed by atoms with E-state index in [9.17, 15) is 8.42 Å². The largest absolute Gasteiger partial charge is 0.329 e. The molecule has 106 valence electrons. The molecular weight excluding hydrogens is 309 g/mol. The van der Waals surface area contributed by atoms with E-state index in [4.69, 9.17) is 22.6 Å². The lowest BCUT2D eigenvalue weighted by Crippen LogP contribution is -2.48. The highest BCUT2D eigenvalue weighted by molar-refractivity contribution is 7.89. The van der Waals surface area contributed by atoms with E-state index in [1.54, 1.807) is 13.8 Å². The quantitative estimate of drug-likeness (QED) is 0.880. The summed E-state index contributed by atoms with van der Waals surface area (Å²) in [5, 5.41) is 9.03. The molecule has 0 saturated heterocycles. The van der Waals surface area contributed by atoms with Gasteiger partial charge in [-0.2, -0.15) is 5.26 Å². The highest BCUT2D eigenvalue weighted by atomic mass is 35.5. The van der Waals surface area contributed by atoms with Crippen molar-refractivity contribution in [2.45, 2.75) is 24.3 Å². The Balaban J connectivity index is 0.00000324. The molecule has 0 amide bonds. The van der Waals surface area contributed by atoms with Gasteiger partial charge in [-0.3, -0.25) is 0 Å². The van der Waals surface area contributed by atoms with Gasteiger partial charge in [0.15, 0.2) is 0 Å². The predicted octanol–water partition coefficient (Wildman–Crippen LogP) is 1.65. The van der Waals surface area contributed by atoms with Gasteiger partial charge in [0.25, 0.3) is 0 Å². The Morgan fingerprint density at radius 3 is 2.53 bits per heavy atom. The highest BCUT2D eigenvalue weighted by Crippen LogP contribution is 2.20. The number of nitrogens with two attached hydrogens (primary N) is 1. The van der Waals surface area contributed by atoms with Gasteiger partial charge >= 0.3 is 0 Å². The van der Waals surface area contributed by atoms with Gasteiger partial charge in [0, 0.05) is 12.1 Å². The van der Waals surface area contributed by atoms with E-state index in [0.717, 1.165) is 0 Å². The van der Waals surface area contributed by atoms with Crippen molar-refractivity contribution in [3.63, 3.8) is 0 Å². The van der Waals surface area contributed by atoms with E-state index in [2.05, 4.69) is 4.72 Å². The summed E-state index contributed by atoms with van der Waals surface area (Å²) in [6.07, 6.45) is 0. The van der Waals surface area contributed by atoms with Crippen LogP contribution in [0.15, 0.2) is 23.1 Å². The van der Waals surface area contributed by atoms with Crippen molar-refractivity contribution in [3.8, 4) is 6.07 Å². The fourth-order valence-electron chi connectivity index (χ4n) is 1.22. The molecule has 0 aliphatic heterocycles. The smallest absolute Gasteiger partial charge is 0.241 e. The molecule has 8 heteroatoms. The van der Waals surface area contributed by atoms with Gasteiger partial charge in [0.1, 0.15) is 6.07 Å². The first kappa shape index (κ1) is 18.2. The average Bonchev–Trinajstić information content (AvgIpc) is 2.28. The van der Waals surface area contributed by atoms with Gasteiger partial charge < -0.3 is 5.73 Å². The first-order valence-corrected chi connectivity index (χ1v) is 7.02. The molecule has 0 unspecified atom stereocenters. The fraction of sp³-hybridized carbons (Fsp3) is 0.364. The summed E-state index contributed by atoms with van der Waals surface area (Å²) in [6, 6.07) is 5.79. The van der Waals surface area contributed by atoms with Crippen molar-refractivity contribution in [2.75, 3.05) is 6.54 Å². The average molecular weight is 324 g/mol. The molecule has 0 aliphatic carbocycles. The molecule has 0 aromatic heterocycles. The number of nitriles is 1. The summed E-state index contributed by atoms with van der Waals surface area (Å²) >= 11 is 5.75. The molecule has 19 heavy (non-hydrogen) atoms. The molecule has 0 radical (unpaired) electrons. The van der Waals surface area contributed by atoms with Crippen LogP contribution in [-0.2, 0) is 10.0 Å². The summed E-state index contributed by atoms with van der Waals surface area (Å²) in [5.74, 6) is 0. The Morgan fingerprint density at radius 2 is 2.05 bits per heavy atom. The molecule has 0 saturated carbocycles. The summed E-state index contributed by atoms with van der Waals surface area (Å²) in [6.45, 7) is 3.50. The van der Waals surface area contributed by atoms with Crippen molar-refractivity contribution >= 4 is 34.0 Å². The molecule has 3 N–H and O–H groups in total. The zero-order chi connectivity index (χ0) is 14.0. The fourth-order valence-corrected chi connectivity index (χ4v) is 2.83. The van der Waals surface area contributed by atoms with Crippen LogP contribution in [0.4, 0.5) is 0 Å². The Kier molecular flexibility index (Phi) is 6.26. The maximum Gasteiger partial charge on any atom is 0.241 e. The lowest BCUT2D eigenvalue weighted by atomic mass is 10.1. The number of hydrogen-bond donors (Lipinski definition) is 2. The zero-order valence-electron chi connectivity index (χ0n) is 10.5. The third-order valence-corrected chi connectivity index (χ3v) is 4.31. The van der Waals surface area contributed by atoms with E-state index in [-0.39, 0.29) is 34.4 Å². The molecule has 1 aromatic carbocycles. The molecule has 5 nitrogen and oxygen atoms in total. The molecule has 0 spiro atoms. The Hall–Kier alpha value is -0.840. The number of sulfonamides is 1. The lowest BCUT2D eigenvalue weighted by molar-refractivity contribution is 0.462. The highest BCUT2D eigenvalue weighted by Gasteiger charge is 2.25. The molecule has 0 fully saturated rings. The normalized spacial score (nSPS) is 11.5. The Morgan fingerprint density at radius 1 is 1.47 bits per heavy atom. The van der Waals surface area contributed by atoms with Gasteiger partial charge in [0.2, 0.25) is 10.0 Å². The van der Waals surface area contributed by atoms with Crippen LogP contribution in [0.3, 0.4) is 0 Å². The second-order valence-electron chi connectivity index (χ2n) is 4.45. The molecule has 1 aromatic rings. The summed E-state index contributed by atoms with van der Waals surface area (Å²) in [4.78, 5) is -0.00928. The summed E-state index contributed by atoms with van der Waals surface area (Å²) in [7, 11) is -3.72. The van der Waals surface area contributed by atoms with E-state index in [1.165, 1.54) is 18.2 Å². The molecule has 0 atom stereocenters. The molecule has 0 heterocycles. The number of nitrogens with one attached hydrogen (secondary N) is 1. The predicted molar refractivity (Wildman–Crippen MR) is 76.9 cm³/mol. The van der Waals surface area contributed by atoms with Crippen LogP contribution in [0.25, 0.3) is 0 Å². The van der Waals surface area contributed by atoms with Crippen LogP contribution in [0.5, 0.6) is 0 Å². The SMILES string of the molecule is CC(C)(CN)NS(=O)(=O)c1ccc(Cl)c(C#N)c1.Cl. The molecule has 1 rings (SSSR count). The van der Waals surface area contributed by atoms with E-state index in [0.29, 0.717) is 0 Å². The lowest BCUT2D eigenvalue weighted by Gasteiger charge is -2.23. The third-order valence-electron chi connectivity index (χ3n) is 2.29. The van der Waals surface area contributed by atoms with Crippen molar-refractivity contribution in [2.24, 2.45) is 5.73 Å². The molecule has 0 aliphatic rings. The van der Waals surface area contributed by atoms with Crippen LogP contribution in [0.1, 0.15) is 19.4 Å². The van der Waals surface area contributed by atoms with Gasteiger partial charge in [-0.05, 0) is 32.0 Å². The zero-order valence-corrected chi connectivity index (χ0v) is 12.9. The summed E-state index contributed by atoms with van der Waals surface area (Å²) in [5.41, 5.74) is 4.83. The van der Waals surface area contributed by atoms with Crippen LogP contribution in [0.2, 0.25) is 5.02 Å². The second kappa shape index (κ2) is 6.55. The van der Waals surface area contributed by atoms with Gasteiger partial charge in [-0.25, -0.2) is 13.1 Å². The van der Waals surface area contributed by atoms with Gasteiger partial charge in [-0.1, -0.05) is 11.6 Å². The standard InChI is InChI=1S/C11H14ClN3O2S.ClH/c1-11(2,7-14)15-18(16,17)9-3-4-10(12)8(5-9)6-13;/h3-5,15H,7,14H2,1-2H3;1H. The third kappa shape index (κ3) is 4.64. The number of halogens is 2. The van der Waals surface area contributed by atoms with Gasteiger partial charge in [-0.15, -0.1) is 12.4 Å². The first-order valence-electron chi connectivity index (χ1n) is 5.15. The van der Waals surface area contributed by atoms with Crippen molar-refractivity contribution in [1.82, 2.24) is 4.72 Å². The van der Waals surface area contributed by atoms with Crippen molar-refractivity contribution < 1.29 is 8.42 Å². The van der Waals surface area contributed by atoms with Crippen LogP contribution in [-0.4, -0.2) is 20.5 Å². The minimum atomic E-state index is -3.72. The number of benzene rings is 1. The minimum Gasteiger partial charge on any atom is -0.329 e. The van der Waals surface area contributed by atoms with E-state index in [1.807, 2.05) is 6.07 Å². The van der Waals surface area contributed by atoms with Crippen LogP contribution >= 0.6 is 24.0 Å². The van der Waals surface area contributed by atoms with Crippen molar-refractivity contribution in [3.05, 3.63) is 28.8 Å². The van der Waals surface area contributed by atoms with E-state index < -0.39 is 15.6 Å².